The van der Waals surface area contributed by atoms with E-state index in [-0.39, 0.29) is 6.42 Å². The Bertz CT molecular complexity index is 841. The van der Waals surface area contributed by atoms with Crippen LogP contribution in [0.5, 0.6) is 0 Å². The highest BCUT2D eigenvalue weighted by atomic mass is 19.1. The summed E-state index contributed by atoms with van der Waals surface area (Å²) in [5.41, 5.74) is 8.09. The van der Waals surface area contributed by atoms with Gasteiger partial charge in [0, 0.05) is 6.04 Å². The third-order valence-electron chi connectivity index (χ3n) is 4.21. The van der Waals surface area contributed by atoms with Gasteiger partial charge in [0.05, 0.1) is 6.42 Å². The summed E-state index contributed by atoms with van der Waals surface area (Å²) in [7, 11) is 0. The molecule has 0 aliphatic heterocycles. The van der Waals surface area contributed by atoms with Gasteiger partial charge in [-0.1, -0.05) is 54.6 Å². The number of carbonyl (C=O) groups is 1. The summed E-state index contributed by atoms with van der Waals surface area (Å²) in [4.78, 5) is 12.5. The molecule has 136 valence electrons. The molecule has 1 atom stereocenters. The summed E-state index contributed by atoms with van der Waals surface area (Å²) in [5.74, 6) is -1.28. The Balaban J connectivity index is 1.79. The van der Waals surface area contributed by atoms with Gasteiger partial charge in [0.2, 0.25) is 0 Å². The Hall–Kier alpha value is -2.99. The summed E-state index contributed by atoms with van der Waals surface area (Å²) >= 11 is 0. The van der Waals surface area contributed by atoms with E-state index in [1.165, 1.54) is 48.5 Å². The van der Waals surface area contributed by atoms with Gasteiger partial charge in [-0.25, -0.2) is 8.78 Å². The molecule has 0 heterocycles. The molecule has 0 saturated heterocycles. The number of carbonyl (C=O) groups excluding carboxylic acids is 1. The molecule has 2 N–H and O–H groups in total. The molecule has 0 radical (unpaired) electrons. The second kappa shape index (κ2) is 8.60. The van der Waals surface area contributed by atoms with Crippen molar-refractivity contribution in [2.75, 3.05) is 0 Å². The van der Waals surface area contributed by atoms with Gasteiger partial charge in [-0.3, -0.25) is 4.79 Å². The summed E-state index contributed by atoms with van der Waals surface area (Å²) in [6.45, 7) is -0.776. The molecule has 3 aromatic rings. The van der Waals surface area contributed by atoms with Crippen molar-refractivity contribution in [1.82, 2.24) is 0 Å². The van der Waals surface area contributed by atoms with E-state index in [0.29, 0.717) is 10.9 Å². The number of halogens is 2. The lowest BCUT2D eigenvalue weighted by Gasteiger charge is -2.17. The molecule has 0 fully saturated rings. The van der Waals surface area contributed by atoms with Crippen LogP contribution in [0.2, 0.25) is 0 Å². The lowest BCUT2D eigenvalue weighted by molar-refractivity contribution is -0.134. The summed E-state index contributed by atoms with van der Waals surface area (Å²) in [6.07, 6.45) is -0.0110. The largest absolute Gasteiger partial charge is 0.526 e. The minimum absolute atomic E-state index is 0.0110. The van der Waals surface area contributed by atoms with Crippen LogP contribution in [0.25, 0.3) is 0 Å². The Labute approximate surface area is 156 Å². The van der Waals surface area contributed by atoms with Crippen LogP contribution in [0.15, 0.2) is 78.9 Å². The zero-order valence-corrected chi connectivity index (χ0v) is 14.5. The molecule has 0 bridgehead atoms. The van der Waals surface area contributed by atoms with Crippen molar-refractivity contribution in [3.63, 3.8) is 0 Å². The van der Waals surface area contributed by atoms with E-state index in [4.69, 9.17) is 10.4 Å². The van der Waals surface area contributed by atoms with Crippen LogP contribution >= 0.6 is 0 Å². The number of rotatable bonds is 6. The SMILES string of the molecule is NC(CC(=O)OB(c1ccc(F)cc1)c1ccc(F)cc1)c1ccccc1. The van der Waals surface area contributed by atoms with Gasteiger partial charge in [-0.05, 0) is 40.8 Å². The lowest BCUT2D eigenvalue weighted by atomic mass is 9.55. The van der Waals surface area contributed by atoms with E-state index < -0.39 is 30.6 Å². The number of nitrogens with two attached hydrogens (primary N) is 1. The smallest absolute Gasteiger partial charge is 0.429 e. The van der Waals surface area contributed by atoms with Gasteiger partial charge < -0.3 is 10.4 Å². The van der Waals surface area contributed by atoms with Crippen LogP contribution in [0.1, 0.15) is 18.0 Å². The van der Waals surface area contributed by atoms with Gasteiger partial charge in [0.25, 0.3) is 5.97 Å². The molecule has 3 rings (SSSR count). The maximum atomic E-state index is 13.3. The quantitative estimate of drug-likeness (QED) is 0.684. The zero-order valence-electron chi connectivity index (χ0n) is 14.5. The second-order valence-electron chi connectivity index (χ2n) is 6.19. The van der Waals surface area contributed by atoms with Gasteiger partial charge in [-0.2, -0.15) is 0 Å². The maximum Gasteiger partial charge on any atom is 0.429 e. The van der Waals surface area contributed by atoms with Gasteiger partial charge in [0.15, 0.2) is 0 Å². The molecule has 27 heavy (non-hydrogen) atoms. The van der Waals surface area contributed by atoms with Crippen molar-refractivity contribution < 1.29 is 18.2 Å². The molecule has 0 spiro atoms. The molecular weight excluding hydrogens is 347 g/mol. The Kier molecular flexibility index (Phi) is 5.99. The van der Waals surface area contributed by atoms with Crippen LogP contribution in [-0.4, -0.2) is 12.9 Å². The fourth-order valence-electron chi connectivity index (χ4n) is 2.78. The first kappa shape index (κ1) is 18.8. The van der Waals surface area contributed by atoms with Crippen molar-refractivity contribution in [3.8, 4) is 0 Å². The van der Waals surface area contributed by atoms with Crippen molar-refractivity contribution in [3.05, 3.63) is 96.1 Å². The van der Waals surface area contributed by atoms with E-state index in [0.717, 1.165) is 5.56 Å². The van der Waals surface area contributed by atoms with Crippen molar-refractivity contribution >= 4 is 23.8 Å². The molecule has 6 heteroatoms. The van der Waals surface area contributed by atoms with E-state index >= 15 is 0 Å². The van der Waals surface area contributed by atoms with Crippen molar-refractivity contribution in [1.29, 1.82) is 0 Å². The minimum Gasteiger partial charge on any atom is -0.526 e. The number of benzene rings is 3. The molecule has 0 aliphatic carbocycles. The molecule has 3 aromatic carbocycles. The van der Waals surface area contributed by atoms with Crippen LogP contribution in [0.4, 0.5) is 8.78 Å². The van der Waals surface area contributed by atoms with E-state index in [1.807, 2.05) is 30.3 Å². The predicted molar refractivity (Wildman–Crippen MR) is 102 cm³/mol. The van der Waals surface area contributed by atoms with Crippen LogP contribution < -0.4 is 16.7 Å². The van der Waals surface area contributed by atoms with Crippen LogP contribution in [0, 0.1) is 11.6 Å². The van der Waals surface area contributed by atoms with E-state index in [2.05, 4.69) is 0 Å². The third kappa shape index (κ3) is 5.02. The molecule has 3 nitrogen and oxygen atoms in total. The van der Waals surface area contributed by atoms with Crippen molar-refractivity contribution in [2.24, 2.45) is 5.73 Å². The standard InChI is InChI=1S/C21H18BF2NO2/c23-18-10-6-16(7-11-18)22(17-8-12-19(24)13-9-17)27-21(26)14-20(25)15-4-2-1-3-5-15/h1-13,20H,14,25H2. The topological polar surface area (TPSA) is 52.3 Å². The first-order chi connectivity index (χ1) is 13.0. The van der Waals surface area contributed by atoms with E-state index in [1.54, 1.807) is 0 Å². The zero-order chi connectivity index (χ0) is 19.2. The monoisotopic (exact) mass is 365 g/mol. The van der Waals surface area contributed by atoms with Gasteiger partial charge >= 0.3 is 6.92 Å². The lowest BCUT2D eigenvalue weighted by Crippen LogP contribution is -2.46. The summed E-state index contributed by atoms with van der Waals surface area (Å²) < 4.78 is 32.1. The average Bonchev–Trinajstić information content (AvgIpc) is 2.68. The Morgan fingerprint density at radius 3 is 1.81 bits per heavy atom. The predicted octanol–water partition coefficient (Wildman–Crippen LogP) is 2.70. The summed E-state index contributed by atoms with van der Waals surface area (Å²) in [5, 5.41) is 0. The minimum atomic E-state index is -0.776. The highest BCUT2D eigenvalue weighted by Crippen LogP contribution is 2.14. The Morgan fingerprint density at radius 2 is 1.33 bits per heavy atom. The molecule has 0 aliphatic rings. The molecular formula is C21H18BF2NO2. The number of hydrogen-bond donors (Lipinski definition) is 1. The first-order valence-corrected chi connectivity index (χ1v) is 8.54. The van der Waals surface area contributed by atoms with Crippen LogP contribution in [0.3, 0.4) is 0 Å². The molecule has 0 amide bonds. The average molecular weight is 365 g/mol. The van der Waals surface area contributed by atoms with Crippen LogP contribution in [-0.2, 0) is 9.45 Å². The highest BCUT2D eigenvalue weighted by molar-refractivity contribution is 6.81. The third-order valence-corrected chi connectivity index (χ3v) is 4.21. The van der Waals surface area contributed by atoms with Crippen molar-refractivity contribution in [2.45, 2.75) is 12.5 Å². The fourth-order valence-corrected chi connectivity index (χ4v) is 2.78. The molecule has 1 unspecified atom stereocenters. The number of hydrogen-bond acceptors (Lipinski definition) is 3. The van der Waals surface area contributed by atoms with Gasteiger partial charge in [-0.15, -0.1) is 0 Å². The fraction of sp³-hybridized carbons (Fsp3) is 0.0952. The normalized spacial score (nSPS) is 11.7. The molecule has 0 saturated carbocycles. The maximum absolute atomic E-state index is 13.3. The molecule has 0 aromatic heterocycles. The highest BCUT2D eigenvalue weighted by Gasteiger charge is 2.27. The first-order valence-electron chi connectivity index (χ1n) is 8.54. The Morgan fingerprint density at radius 1 is 0.852 bits per heavy atom. The summed E-state index contributed by atoms with van der Waals surface area (Å²) in [6, 6.07) is 20.0. The van der Waals surface area contributed by atoms with E-state index in [9.17, 15) is 13.6 Å². The second-order valence-corrected chi connectivity index (χ2v) is 6.19. The van der Waals surface area contributed by atoms with Gasteiger partial charge in [0.1, 0.15) is 11.6 Å².